The third kappa shape index (κ3) is 10.5. The number of hydrogen-bond donors (Lipinski definition) is 2. The monoisotopic (exact) mass is 571 g/mol. The van der Waals surface area contributed by atoms with Crippen molar-refractivity contribution in [2.24, 2.45) is 11.8 Å². The SMILES string of the molecule is N#Cc1ccc(OCC[C@H]2CO[C@H]3CN(C4CCOCC4)C[C@@H]23)nc1.O=C(O)C(F)(F)F.O=C(O)C(F)(F)F. The number of ether oxygens (including phenoxy) is 3. The first-order valence-electron chi connectivity index (χ1n) is 11.7. The minimum atomic E-state index is -5.08. The average Bonchev–Trinajstić information content (AvgIpc) is 3.46. The van der Waals surface area contributed by atoms with Crippen LogP contribution in [0.25, 0.3) is 0 Å². The molecule has 1 aromatic rings. The average molecular weight is 571 g/mol. The molecule has 0 unspecified atom stereocenters. The van der Waals surface area contributed by atoms with Crippen LogP contribution in [0.5, 0.6) is 5.88 Å². The molecule has 3 aliphatic heterocycles. The molecule has 218 valence electrons. The first kappa shape index (κ1) is 32.1. The van der Waals surface area contributed by atoms with Gasteiger partial charge in [0, 0.05) is 50.5 Å². The lowest BCUT2D eigenvalue weighted by Gasteiger charge is -2.31. The lowest BCUT2D eigenvalue weighted by atomic mass is 9.91. The Bertz CT molecular complexity index is 954. The zero-order valence-electron chi connectivity index (χ0n) is 20.5. The second-order valence-corrected chi connectivity index (χ2v) is 8.83. The lowest BCUT2D eigenvalue weighted by molar-refractivity contribution is -0.193. The van der Waals surface area contributed by atoms with Gasteiger partial charge >= 0.3 is 24.3 Å². The molecule has 1 aromatic heterocycles. The zero-order chi connectivity index (χ0) is 29.2. The molecule has 4 heterocycles. The summed E-state index contributed by atoms with van der Waals surface area (Å²) >= 11 is 0. The fraction of sp³-hybridized carbons (Fsp3) is 0.652. The van der Waals surface area contributed by atoms with Crippen molar-refractivity contribution < 1.29 is 60.4 Å². The zero-order valence-corrected chi connectivity index (χ0v) is 20.5. The van der Waals surface area contributed by atoms with Gasteiger partial charge in [0.1, 0.15) is 6.07 Å². The fourth-order valence-corrected chi connectivity index (χ4v) is 4.32. The molecule has 3 aliphatic rings. The van der Waals surface area contributed by atoms with E-state index in [1.807, 2.05) is 0 Å². The van der Waals surface area contributed by atoms with E-state index < -0.39 is 24.3 Å². The summed E-state index contributed by atoms with van der Waals surface area (Å²) in [6.07, 6.45) is -4.94. The van der Waals surface area contributed by atoms with Crippen molar-refractivity contribution in [3.63, 3.8) is 0 Å². The van der Waals surface area contributed by atoms with E-state index in [0.717, 1.165) is 52.2 Å². The number of alkyl halides is 6. The quantitative estimate of drug-likeness (QED) is 0.507. The smallest absolute Gasteiger partial charge is 0.478 e. The Morgan fingerprint density at radius 2 is 1.67 bits per heavy atom. The Labute approximate surface area is 219 Å². The Morgan fingerprint density at radius 1 is 1.08 bits per heavy atom. The number of aliphatic carboxylic acids is 2. The molecule has 3 atom stereocenters. The van der Waals surface area contributed by atoms with Gasteiger partial charge in [0.05, 0.1) is 24.9 Å². The van der Waals surface area contributed by atoms with Gasteiger partial charge in [-0.2, -0.15) is 31.6 Å². The maximum atomic E-state index is 10.6. The minimum Gasteiger partial charge on any atom is -0.478 e. The molecule has 3 saturated heterocycles. The van der Waals surface area contributed by atoms with Gasteiger partial charge in [-0.3, -0.25) is 4.90 Å². The highest BCUT2D eigenvalue weighted by Crippen LogP contribution is 2.37. The number of hydrogen-bond acceptors (Lipinski definition) is 8. The molecule has 3 fully saturated rings. The predicted molar refractivity (Wildman–Crippen MR) is 119 cm³/mol. The van der Waals surface area contributed by atoms with E-state index >= 15 is 0 Å². The van der Waals surface area contributed by atoms with E-state index in [1.54, 1.807) is 18.3 Å². The van der Waals surface area contributed by atoms with Crippen LogP contribution in [0.2, 0.25) is 0 Å². The van der Waals surface area contributed by atoms with Gasteiger partial charge < -0.3 is 24.4 Å². The Hall–Kier alpha value is -3.16. The summed E-state index contributed by atoms with van der Waals surface area (Å²) in [7, 11) is 0. The van der Waals surface area contributed by atoms with Crippen molar-refractivity contribution in [2.75, 3.05) is 39.5 Å². The van der Waals surface area contributed by atoms with Gasteiger partial charge in [-0.05, 0) is 31.2 Å². The summed E-state index contributed by atoms with van der Waals surface area (Å²) < 4.78 is 80.8. The molecule has 0 amide bonds. The molecule has 0 radical (unpaired) electrons. The third-order valence-corrected chi connectivity index (χ3v) is 6.26. The van der Waals surface area contributed by atoms with Crippen LogP contribution in [0.15, 0.2) is 18.3 Å². The van der Waals surface area contributed by atoms with Crippen molar-refractivity contribution in [3.05, 3.63) is 23.9 Å². The van der Waals surface area contributed by atoms with Crippen molar-refractivity contribution >= 4 is 11.9 Å². The van der Waals surface area contributed by atoms with Crippen LogP contribution in [0.1, 0.15) is 24.8 Å². The van der Waals surface area contributed by atoms with Crippen molar-refractivity contribution in [1.29, 1.82) is 5.26 Å². The molecule has 4 rings (SSSR count). The molecule has 2 N–H and O–H groups in total. The summed E-state index contributed by atoms with van der Waals surface area (Å²) in [5, 5.41) is 23.0. The maximum Gasteiger partial charge on any atom is 0.490 e. The summed E-state index contributed by atoms with van der Waals surface area (Å²) in [5.41, 5.74) is 0.554. The Balaban J connectivity index is 0.000000317. The van der Waals surface area contributed by atoms with Gasteiger partial charge in [-0.1, -0.05) is 0 Å². The second kappa shape index (κ2) is 14.3. The summed E-state index contributed by atoms with van der Waals surface area (Å²) in [4.78, 5) is 24.6. The highest BCUT2D eigenvalue weighted by atomic mass is 19.4. The highest BCUT2D eigenvalue weighted by molar-refractivity contribution is 5.73. The molecule has 0 saturated carbocycles. The molecule has 0 aliphatic carbocycles. The number of likely N-dealkylation sites (tertiary alicyclic amines) is 1. The first-order chi connectivity index (χ1) is 18.2. The third-order valence-electron chi connectivity index (χ3n) is 6.26. The predicted octanol–water partition coefficient (Wildman–Crippen LogP) is 3.11. The highest BCUT2D eigenvalue weighted by Gasteiger charge is 2.45. The van der Waals surface area contributed by atoms with Crippen molar-refractivity contribution in [1.82, 2.24) is 9.88 Å². The number of carbonyl (C=O) groups is 2. The molecule has 10 nitrogen and oxygen atoms in total. The summed E-state index contributed by atoms with van der Waals surface area (Å²) in [6, 6.07) is 6.23. The number of carboxylic acid groups (broad SMARTS) is 2. The lowest BCUT2D eigenvalue weighted by Crippen LogP contribution is -2.39. The molecule has 0 spiro atoms. The normalized spacial score (nSPS) is 23.4. The number of nitrogens with zero attached hydrogens (tertiary/aromatic N) is 3. The summed E-state index contributed by atoms with van der Waals surface area (Å²) in [6.45, 7) is 5.51. The van der Waals surface area contributed by atoms with E-state index in [4.69, 9.17) is 39.3 Å². The van der Waals surface area contributed by atoms with Gasteiger partial charge in [-0.15, -0.1) is 0 Å². The Kier molecular flexibility index (Phi) is 11.7. The van der Waals surface area contributed by atoms with E-state index in [9.17, 15) is 26.3 Å². The molecule has 0 bridgehead atoms. The van der Waals surface area contributed by atoms with Crippen molar-refractivity contribution in [3.8, 4) is 11.9 Å². The number of nitriles is 1. The Morgan fingerprint density at radius 3 is 2.15 bits per heavy atom. The number of halogens is 6. The van der Waals surface area contributed by atoms with E-state index in [2.05, 4.69) is 16.0 Å². The van der Waals surface area contributed by atoms with Gasteiger partial charge in [-0.25, -0.2) is 14.6 Å². The second-order valence-electron chi connectivity index (χ2n) is 8.83. The van der Waals surface area contributed by atoms with Crippen LogP contribution in [0, 0.1) is 23.2 Å². The van der Waals surface area contributed by atoms with Crippen LogP contribution in [0.4, 0.5) is 26.3 Å². The van der Waals surface area contributed by atoms with Crippen LogP contribution in [-0.2, 0) is 19.1 Å². The molecule has 39 heavy (non-hydrogen) atoms. The number of fused-ring (bicyclic) bond motifs is 1. The van der Waals surface area contributed by atoms with Crippen LogP contribution < -0.4 is 4.74 Å². The van der Waals surface area contributed by atoms with Gasteiger partial charge in [0.15, 0.2) is 0 Å². The van der Waals surface area contributed by atoms with Crippen LogP contribution in [0.3, 0.4) is 0 Å². The van der Waals surface area contributed by atoms with Crippen LogP contribution >= 0.6 is 0 Å². The van der Waals surface area contributed by atoms with Crippen molar-refractivity contribution in [2.45, 2.75) is 43.8 Å². The molecule has 16 heteroatoms. The fourth-order valence-electron chi connectivity index (χ4n) is 4.32. The first-order valence-corrected chi connectivity index (χ1v) is 11.7. The minimum absolute atomic E-state index is 0.390. The number of carboxylic acids is 2. The maximum absolute atomic E-state index is 10.6. The molecular weight excluding hydrogens is 544 g/mol. The van der Waals surface area contributed by atoms with Crippen LogP contribution in [-0.4, -0.2) is 96.1 Å². The van der Waals surface area contributed by atoms with E-state index in [0.29, 0.717) is 42.0 Å². The summed E-state index contributed by atoms with van der Waals surface area (Å²) in [5.74, 6) is -3.74. The largest absolute Gasteiger partial charge is 0.490 e. The van der Waals surface area contributed by atoms with Gasteiger partial charge in [0.2, 0.25) is 5.88 Å². The molecular formula is C23H27F6N3O7. The van der Waals surface area contributed by atoms with Gasteiger partial charge in [0.25, 0.3) is 0 Å². The number of rotatable bonds is 5. The van der Waals surface area contributed by atoms with E-state index in [-0.39, 0.29) is 0 Å². The van der Waals surface area contributed by atoms with E-state index in [1.165, 1.54) is 0 Å². The number of aromatic nitrogens is 1. The topological polar surface area (TPSA) is 142 Å². The standard InChI is InChI=1S/C19H25N3O3.2C2HF3O2/c20-9-14-1-2-19(21-10-14)24-8-3-15-13-25-18-12-22(11-17(15)18)16-4-6-23-7-5-16;2*3-2(4,5)1(6)7/h1-2,10,15-18H,3-8,11-13H2;2*(H,6,7)/t15-,17-,18-;;/m0../s1. The molecule has 0 aromatic carbocycles. The number of pyridine rings is 1.